The standard InChI is InChI=1S/C30H40O5/c1-4-7-8-9-10-11-12-15-20-30(28(31)33-5-2,29(32)34-6-3)35-25-18-19-27-24(22-25)21-23-16-13-14-17-26(23)27/h13-14,16-19,22H,4-12,15,20-21H2,1-3H3. The molecular formula is C30H40O5. The van der Waals surface area contributed by atoms with E-state index in [1.807, 2.05) is 30.3 Å². The monoisotopic (exact) mass is 480 g/mol. The minimum atomic E-state index is -1.80. The van der Waals surface area contributed by atoms with Gasteiger partial charge >= 0.3 is 17.5 Å². The summed E-state index contributed by atoms with van der Waals surface area (Å²) >= 11 is 0. The van der Waals surface area contributed by atoms with E-state index in [2.05, 4.69) is 19.1 Å². The number of ether oxygens (including phenoxy) is 3. The molecule has 0 heterocycles. The van der Waals surface area contributed by atoms with Gasteiger partial charge in [0.2, 0.25) is 0 Å². The van der Waals surface area contributed by atoms with E-state index >= 15 is 0 Å². The first kappa shape index (κ1) is 26.8. The van der Waals surface area contributed by atoms with Crippen molar-refractivity contribution in [2.24, 2.45) is 0 Å². The third-order valence-electron chi connectivity index (χ3n) is 6.65. The fourth-order valence-corrected chi connectivity index (χ4v) is 4.81. The van der Waals surface area contributed by atoms with Gasteiger partial charge in [0.1, 0.15) is 5.75 Å². The van der Waals surface area contributed by atoms with Crippen LogP contribution < -0.4 is 4.74 Å². The topological polar surface area (TPSA) is 61.8 Å². The summed E-state index contributed by atoms with van der Waals surface area (Å²) in [6.45, 7) is 6.01. The second-order valence-corrected chi connectivity index (χ2v) is 9.25. The Balaban J connectivity index is 1.77. The number of carbonyl (C=O) groups is 2. The number of rotatable bonds is 15. The van der Waals surface area contributed by atoms with Crippen molar-refractivity contribution in [3.05, 3.63) is 53.6 Å². The number of fused-ring (bicyclic) bond motifs is 3. The summed E-state index contributed by atoms with van der Waals surface area (Å²) in [7, 11) is 0. The molecule has 0 saturated heterocycles. The molecule has 0 saturated carbocycles. The lowest BCUT2D eigenvalue weighted by Gasteiger charge is -2.30. The van der Waals surface area contributed by atoms with Crippen molar-refractivity contribution in [3.63, 3.8) is 0 Å². The predicted octanol–water partition coefficient (Wildman–Crippen LogP) is 7.03. The largest absolute Gasteiger partial charge is 0.464 e. The molecule has 0 radical (unpaired) electrons. The number of benzene rings is 2. The van der Waals surface area contributed by atoms with Crippen molar-refractivity contribution in [3.8, 4) is 16.9 Å². The maximum absolute atomic E-state index is 13.2. The first-order chi connectivity index (χ1) is 17.1. The van der Waals surface area contributed by atoms with Crippen molar-refractivity contribution < 1.29 is 23.8 Å². The van der Waals surface area contributed by atoms with Crippen molar-refractivity contribution in [2.45, 2.75) is 90.6 Å². The Bertz CT molecular complexity index is 962. The fourth-order valence-electron chi connectivity index (χ4n) is 4.81. The highest BCUT2D eigenvalue weighted by Crippen LogP contribution is 2.39. The molecule has 5 nitrogen and oxygen atoms in total. The molecule has 2 aromatic rings. The van der Waals surface area contributed by atoms with Crippen molar-refractivity contribution in [1.29, 1.82) is 0 Å². The fraction of sp³-hybridized carbons (Fsp3) is 0.533. The Morgan fingerprint density at radius 2 is 1.34 bits per heavy atom. The molecule has 0 fully saturated rings. The third-order valence-corrected chi connectivity index (χ3v) is 6.65. The van der Waals surface area contributed by atoms with Crippen molar-refractivity contribution in [1.82, 2.24) is 0 Å². The summed E-state index contributed by atoms with van der Waals surface area (Å²) in [6, 6.07) is 14.1. The third kappa shape index (κ3) is 6.65. The smallest absolute Gasteiger partial charge is 0.362 e. The molecular weight excluding hydrogens is 440 g/mol. The van der Waals surface area contributed by atoms with Crippen molar-refractivity contribution in [2.75, 3.05) is 13.2 Å². The predicted molar refractivity (Wildman–Crippen MR) is 139 cm³/mol. The molecule has 0 atom stereocenters. The molecule has 3 rings (SSSR count). The van der Waals surface area contributed by atoms with Gasteiger partial charge in [-0.15, -0.1) is 0 Å². The maximum atomic E-state index is 13.2. The van der Waals surface area contributed by atoms with Crippen LogP contribution in [0.2, 0.25) is 0 Å². The van der Waals surface area contributed by atoms with Gasteiger partial charge in [0, 0.05) is 6.42 Å². The lowest BCUT2D eigenvalue weighted by molar-refractivity contribution is -0.180. The summed E-state index contributed by atoms with van der Waals surface area (Å²) in [4.78, 5) is 26.4. The van der Waals surface area contributed by atoms with Gasteiger partial charge in [-0.2, -0.15) is 0 Å². The van der Waals surface area contributed by atoms with Gasteiger partial charge in [-0.05, 0) is 61.1 Å². The number of esters is 2. The van der Waals surface area contributed by atoms with Crippen LogP contribution in [0.1, 0.15) is 89.7 Å². The Morgan fingerprint density at radius 1 is 0.743 bits per heavy atom. The van der Waals surface area contributed by atoms with Crippen LogP contribution in [-0.4, -0.2) is 30.8 Å². The van der Waals surface area contributed by atoms with E-state index in [-0.39, 0.29) is 19.6 Å². The minimum absolute atomic E-state index is 0.167. The Labute approximate surface area is 210 Å². The van der Waals surface area contributed by atoms with Crippen LogP contribution in [0.25, 0.3) is 11.1 Å². The molecule has 0 unspecified atom stereocenters. The average Bonchev–Trinajstić information content (AvgIpc) is 3.23. The van der Waals surface area contributed by atoms with Crippen LogP contribution >= 0.6 is 0 Å². The zero-order chi connectivity index (χ0) is 25.1. The van der Waals surface area contributed by atoms with Crippen LogP contribution in [0.5, 0.6) is 5.75 Å². The van der Waals surface area contributed by atoms with Gasteiger partial charge in [-0.25, -0.2) is 9.59 Å². The summed E-state index contributed by atoms with van der Waals surface area (Å²) in [6.07, 6.45) is 9.86. The Kier molecular flexibility index (Phi) is 10.2. The number of hydrogen-bond donors (Lipinski definition) is 0. The van der Waals surface area contributed by atoms with E-state index in [0.29, 0.717) is 12.2 Å². The summed E-state index contributed by atoms with van der Waals surface area (Å²) in [5, 5.41) is 0. The highest BCUT2D eigenvalue weighted by Gasteiger charge is 2.51. The van der Waals surface area contributed by atoms with Gasteiger partial charge in [-0.1, -0.05) is 82.2 Å². The Hall–Kier alpha value is -2.82. The second-order valence-electron chi connectivity index (χ2n) is 9.25. The number of hydrogen-bond acceptors (Lipinski definition) is 5. The zero-order valence-electron chi connectivity index (χ0n) is 21.6. The number of unbranched alkanes of at least 4 members (excludes halogenated alkanes) is 7. The van der Waals surface area contributed by atoms with E-state index < -0.39 is 17.5 Å². The quantitative estimate of drug-likeness (QED) is 0.133. The zero-order valence-corrected chi connectivity index (χ0v) is 21.6. The summed E-state index contributed by atoms with van der Waals surface area (Å²) in [5.74, 6) is -0.868. The van der Waals surface area contributed by atoms with Gasteiger partial charge < -0.3 is 14.2 Å². The lowest BCUT2D eigenvalue weighted by Crippen LogP contribution is -2.53. The van der Waals surface area contributed by atoms with Crippen LogP contribution in [-0.2, 0) is 25.5 Å². The van der Waals surface area contributed by atoms with E-state index in [0.717, 1.165) is 36.8 Å². The molecule has 0 N–H and O–H groups in total. The molecule has 0 aromatic heterocycles. The minimum Gasteiger partial charge on any atom is -0.464 e. The maximum Gasteiger partial charge on any atom is 0.362 e. The van der Waals surface area contributed by atoms with E-state index in [1.165, 1.54) is 36.8 Å². The molecule has 5 heteroatoms. The van der Waals surface area contributed by atoms with Crippen LogP contribution in [0.15, 0.2) is 42.5 Å². The molecule has 1 aliphatic rings. The molecule has 190 valence electrons. The second kappa shape index (κ2) is 13.3. The van der Waals surface area contributed by atoms with Crippen molar-refractivity contribution >= 4 is 11.9 Å². The SMILES string of the molecule is CCCCCCCCCCC(Oc1ccc2c(c1)Cc1ccccc1-2)(C(=O)OCC)C(=O)OCC. The van der Waals surface area contributed by atoms with Gasteiger partial charge in [0.05, 0.1) is 13.2 Å². The first-order valence-corrected chi connectivity index (χ1v) is 13.3. The first-order valence-electron chi connectivity index (χ1n) is 13.3. The molecule has 0 amide bonds. The van der Waals surface area contributed by atoms with E-state index in [9.17, 15) is 9.59 Å². The molecule has 0 bridgehead atoms. The normalized spacial score (nSPS) is 12.1. The van der Waals surface area contributed by atoms with Crippen LogP contribution in [0, 0.1) is 0 Å². The number of carbonyl (C=O) groups excluding carboxylic acids is 2. The average molecular weight is 481 g/mol. The van der Waals surface area contributed by atoms with Crippen LogP contribution in [0.3, 0.4) is 0 Å². The van der Waals surface area contributed by atoms with E-state index in [1.54, 1.807) is 13.8 Å². The molecule has 35 heavy (non-hydrogen) atoms. The lowest BCUT2D eigenvalue weighted by atomic mass is 9.94. The molecule has 0 aliphatic heterocycles. The Morgan fingerprint density at radius 3 is 2.00 bits per heavy atom. The van der Waals surface area contributed by atoms with E-state index in [4.69, 9.17) is 14.2 Å². The summed E-state index contributed by atoms with van der Waals surface area (Å²) < 4.78 is 17.0. The van der Waals surface area contributed by atoms with Crippen LogP contribution in [0.4, 0.5) is 0 Å². The summed E-state index contributed by atoms with van der Waals surface area (Å²) in [5.41, 5.74) is 2.97. The van der Waals surface area contributed by atoms with Gasteiger partial charge in [0.25, 0.3) is 0 Å². The highest BCUT2D eigenvalue weighted by atomic mass is 16.6. The van der Waals surface area contributed by atoms with Gasteiger partial charge in [0.15, 0.2) is 0 Å². The molecule has 0 spiro atoms. The molecule has 2 aromatic carbocycles. The highest BCUT2D eigenvalue weighted by molar-refractivity contribution is 6.04. The molecule has 1 aliphatic carbocycles. The van der Waals surface area contributed by atoms with Gasteiger partial charge in [-0.3, -0.25) is 0 Å².